The SMILES string of the molecule is CN(Cc1ccc(F)cc1)C(=O)COC(=O)c1cc2c(s1)-c1ccccc1OC2. The third kappa shape index (κ3) is 4.14. The first kappa shape index (κ1) is 19.1. The first-order valence-electron chi connectivity index (χ1n) is 9.01. The molecule has 0 saturated carbocycles. The number of halogens is 1. The number of amides is 1. The molecular weight excluding hydrogens is 393 g/mol. The molecule has 0 aliphatic carbocycles. The normalized spacial score (nSPS) is 11.8. The number of benzene rings is 2. The molecule has 0 radical (unpaired) electrons. The molecule has 1 aromatic heterocycles. The molecule has 2 heterocycles. The summed E-state index contributed by atoms with van der Waals surface area (Å²) in [7, 11) is 1.61. The number of para-hydroxylation sites is 1. The molecular formula is C22H18FNO4S. The van der Waals surface area contributed by atoms with E-state index < -0.39 is 5.97 Å². The average molecular weight is 411 g/mol. The van der Waals surface area contributed by atoms with Crippen LogP contribution in [0.25, 0.3) is 10.4 Å². The highest BCUT2D eigenvalue weighted by atomic mass is 32.1. The Kier molecular flexibility index (Phi) is 5.31. The number of fused-ring (bicyclic) bond motifs is 3. The molecule has 29 heavy (non-hydrogen) atoms. The number of thiophene rings is 1. The lowest BCUT2D eigenvalue weighted by Gasteiger charge is -2.17. The molecule has 0 N–H and O–H groups in total. The summed E-state index contributed by atoms with van der Waals surface area (Å²) in [5, 5.41) is 0. The van der Waals surface area contributed by atoms with Crippen LogP contribution in [0, 0.1) is 5.82 Å². The predicted molar refractivity (Wildman–Crippen MR) is 107 cm³/mol. The van der Waals surface area contributed by atoms with Crippen LogP contribution < -0.4 is 4.74 Å². The Morgan fingerprint density at radius 3 is 2.72 bits per heavy atom. The lowest BCUT2D eigenvalue weighted by atomic mass is 10.1. The van der Waals surface area contributed by atoms with Gasteiger partial charge in [-0.2, -0.15) is 0 Å². The number of hydrogen-bond acceptors (Lipinski definition) is 5. The second kappa shape index (κ2) is 8.05. The van der Waals surface area contributed by atoms with E-state index in [0.717, 1.165) is 27.3 Å². The maximum atomic E-state index is 13.0. The van der Waals surface area contributed by atoms with Gasteiger partial charge < -0.3 is 14.4 Å². The van der Waals surface area contributed by atoms with Gasteiger partial charge in [0.1, 0.15) is 23.1 Å². The van der Waals surface area contributed by atoms with Gasteiger partial charge in [0.05, 0.1) is 0 Å². The lowest BCUT2D eigenvalue weighted by molar-refractivity contribution is -0.133. The van der Waals surface area contributed by atoms with Gasteiger partial charge in [0.25, 0.3) is 5.91 Å². The summed E-state index contributed by atoms with van der Waals surface area (Å²) >= 11 is 1.34. The van der Waals surface area contributed by atoms with Crippen LogP contribution in [0.4, 0.5) is 4.39 Å². The van der Waals surface area contributed by atoms with Crippen molar-refractivity contribution in [1.29, 1.82) is 0 Å². The van der Waals surface area contributed by atoms with Gasteiger partial charge in [-0.3, -0.25) is 4.79 Å². The zero-order chi connectivity index (χ0) is 20.4. The Balaban J connectivity index is 1.37. The zero-order valence-corrected chi connectivity index (χ0v) is 16.5. The van der Waals surface area contributed by atoms with E-state index in [1.165, 1.54) is 28.4 Å². The van der Waals surface area contributed by atoms with Gasteiger partial charge in [-0.25, -0.2) is 9.18 Å². The van der Waals surface area contributed by atoms with Crippen LogP contribution >= 0.6 is 11.3 Å². The first-order chi connectivity index (χ1) is 14.0. The minimum atomic E-state index is -0.537. The van der Waals surface area contributed by atoms with E-state index in [0.29, 0.717) is 18.0 Å². The van der Waals surface area contributed by atoms with Crippen molar-refractivity contribution < 1.29 is 23.5 Å². The molecule has 3 aromatic rings. The van der Waals surface area contributed by atoms with Crippen LogP contribution in [-0.4, -0.2) is 30.4 Å². The fraction of sp³-hybridized carbons (Fsp3) is 0.182. The van der Waals surface area contributed by atoms with Crippen molar-refractivity contribution in [2.24, 2.45) is 0 Å². The number of carbonyl (C=O) groups is 2. The maximum Gasteiger partial charge on any atom is 0.348 e. The van der Waals surface area contributed by atoms with Crippen molar-refractivity contribution in [3.05, 3.63) is 76.4 Å². The number of hydrogen-bond donors (Lipinski definition) is 0. The van der Waals surface area contributed by atoms with Gasteiger partial charge in [-0.1, -0.05) is 24.3 Å². The fourth-order valence-electron chi connectivity index (χ4n) is 3.06. The van der Waals surface area contributed by atoms with Crippen LogP contribution in [0.3, 0.4) is 0 Å². The summed E-state index contributed by atoms with van der Waals surface area (Å²) in [6.45, 7) is 0.347. The lowest BCUT2D eigenvalue weighted by Crippen LogP contribution is -2.30. The molecule has 0 spiro atoms. The molecule has 0 atom stereocenters. The number of rotatable bonds is 5. The Morgan fingerprint density at radius 2 is 1.93 bits per heavy atom. The third-order valence-corrected chi connectivity index (χ3v) is 5.80. The third-order valence-electron chi connectivity index (χ3n) is 4.61. The van der Waals surface area contributed by atoms with E-state index in [9.17, 15) is 14.0 Å². The molecule has 0 unspecified atom stereocenters. The monoisotopic (exact) mass is 411 g/mol. The number of nitrogens with zero attached hydrogens (tertiary/aromatic N) is 1. The maximum absolute atomic E-state index is 13.0. The van der Waals surface area contributed by atoms with Gasteiger partial charge in [-0.05, 0) is 35.9 Å². The van der Waals surface area contributed by atoms with Gasteiger partial charge in [0.15, 0.2) is 6.61 Å². The Bertz CT molecular complexity index is 1060. The van der Waals surface area contributed by atoms with Crippen molar-refractivity contribution in [1.82, 2.24) is 4.90 Å². The molecule has 5 nitrogen and oxygen atoms in total. The summed E-state index contributed by atoms with van der Waals surface area (Å²) in [6, 6.07) is 15.3. The summed E-state index contributed by atoms with van der Waals surface area (Å²) in [4.78, 5) is 27.6. The zero-order valence-electron chi connectivity index (χ0n) is 15.7. The molecule has 0 bridgehead atoms. The van der Waals surface area contributed by atoms with E-state index in [1.807, 2.05) is 24.3 Å². The van der Waals surface area contributed by atoms with Crippen molar-refractivity contribution >= 4 is 23.2 Å². The fourth-order valence-corrected chi connectivity index (χ4v) is 4.15. The van der Waals surface area contributed by atoms with Gasteiger partial charge in [0.2, 0.25) is 0 Å². The molecule has 2 aromatic carbocycles. The van der Waals surface area contributed by atoms with Crippen molar-refractivity contribution in [2.75, 3.05) is 13.7 Å². The molecule has 7 heteroatoms. The summed E-state index contributed by atoms with van der Waals surface area (Å²) in [5.41, 5.74) is 2.67. The molecule has 0 fully saturated rings. The van der Waals surface area contributed by atoms with E-state index in [4.69, 9.17) is 9.47 Å². The van der Waals surface area contributed by atoms with Gasteiger partial charge in [-0.15, -0.1) is 11.3 Å². The summed E-state index contributed by atoms with van der Waals surface area (Å²) < 4.78 is 23.9. The van der Waals surface area contributed by atoms with Crippen molar-refractivity contribution in [2.45, 2.75) is 13.2 Å². The number of esters is 1. The van der Waals surface area contributed by atoms with Gasteiger partial charge >= 0.3 is 5.97 Å². The van der Waals surface area contributed by atoms with E-state index in [-0.39, 0.29) is 18.3 Å². The number of carbonyl (C=O) groups excluding carboxylic acids is 2. The number of ether oxygens (including phenoxy) is 2. The molecule has 1 amide bonds. The van der Waals surface area contributed by atoms with E-state index >= 15 is 0 Å². The summed E-state index contributed by atoms with van der Waals surface area (Å²) in [6.07, 6.45) is 0. The summed E-state index contributed by atoms with van der Waals surface area (Å²) in [5.74, 6) is -0.411. The number of likely N-dealkylation sites (N-methyl/N-ethyl adjacent to an activating group) is 1. The standard InChI is InChI=1S/C22H18FNO4S/c1-24(11-14-6-8-16(23)9-7-14)20(25)13-28-22(26)19-10-15-12-27-18-5-3-2-4-17(18)21(15)29-19/h2-10H,11-13H2,1H3. The largest absolute Gasteiger partial charge is 0.488 e. The van der Waals surface area contributed by atoms with E-state index in [1.54, 1.807) is 25.2 Å². The molecule has 4 rings (SSSR count). The Labute approximate surface area is 171 Å². The van der Waals surface area contributed by atoms with Crippen molar-refractivity contribution in [3.63, 3.8) is 0 Å². The molecule has 148 valence electrons. The van der Waals surface area contributed by atoms with Crippen LogP contribution in [0.2, 0.25) is 0 Å². The molecule has 0 saturated heterocycles. The first-order valence-corrected chi connectivity index (χ1v) is 9.83. The van der Waals surface area contributed by atoms with Crippen LogP contribution in [0.5, 0.6) is 5.75 Å². The van der Waals surface area contributed by atoms with Crippen molar-refractivity contribution in [3.8, 4) is 16.2 Å². The quantitative estimate of drug-likeness (QED) is 0.589. The molecule has 1 aliphatic rings. The predicted octanol–water partition coefficient (Wildman–Crippen LogP) is 4.26. The minimum Gasteiger partial charge on any atom is -0.488 e. The minimum absolute atomic E-state index is 0.304. The Morgan fingerprint density at radius 1 is 1.17 bits per heavy atom. The van der Waals surface area contributed by atoms with Gasteiger partial charge in [0, 0.05) is 29.6 Å². The second-order valence-electron chi connectivity index (χ2n) is 6.70. The highest BCUT2D eigenvalue weighted by Gasteiger charge is 2.23. The second-order valence-corrected chi connectivity index (χ2v) is 7.75. The molecule has 1 aliphatic heterocycles. The van der Waals surface area contributed by atoms with Crippen LogP contribution in [0.15, 0.2) is 54.6 Å². The van der Waals surface area contributed by atoms with Crippen LogP contribution in [-0.2, 0) is 22.7 Å². The topological polar surface area (TPSA) is 55.8 Å². The van der Waals surface area contributed by atoms with E-state index in [2.05, 4.69) is 0 Å². The Hall–Kier alpha value is -3.19. The highest BCUT2D eigenvalue weighted by Crippen LogP contribution is 2.42. The highest BCUT2D eigenvalue weighted by molar-refractivity contribution is 7.17. The smallest absolute Gasteiger partial charge is 0.348 e. The average Bonchev–Trinajstić information content (AvgIpc) is 3.18. The van der Waals surface area contributed by atoms with Crippen LogP contribution in [0.1, 0.15) is 20.8 Å².